The number of para-hydroxylation sites is 2. The van der Waals surface area contributed by atoms with Gasteiger partial charge in [-0.2, -0.15) is 5.10 Å². The van der Waals surface area contributed by atoms with E-state index in [1.165, 1.54) is 0 Å². The highest BCUT2D eigenvalue weighted by Crippen LogP contribution is 2.22. The van der Waals surface area contributed by atoms with Crippen LogP contribution < -0.4 is 4.74 Å². The molecule has 0 aliphatic heterocycles. The molecule has 0 fully saturated rings. The summed E-state index contributed by atoms with van der Waals surface area (Å²) >= 11 is 0. The van der Waals surface area contributed by atoms with E-state index < -0.39 is 0 Å². The quantitative estimate of drug-likeness (QED) is 0.578. The third-order valence-corrected chi connectivity index (χ3v) is 3.25. The number of nitrogens with zero attached hydrogens (tertiary/aromatic N) is 4. The molecule has 4 rings (SSSR count). The van der Waals surface area contributed by atoms with Crippen molar-refractivity contribution in [2.24, 2.45) is 0 Å². The van der Waals surface area contributed by atoms with Crippen molar-refractivity contribution in [2.75, 3.05) is 0 Å². The lowest BCUT2D eigenvalue weighted by atomic mass is 10.3. The first-order valence-corrected chi connectivity index (χ1v) is 6.88. The van der Waals surface area contributed by atoms with Crippen LogP contribution in [0.4, 0.5) is 0 Å². The fourth-order valence-corrected chi connectivity index (χ4v) is 2.20. The van der Waals surface area contributed by atoms with Gasteiger partial charge in [0.25, 0.3) is 0 Å². The molecular weight excluding hydrogens is 276 g/mol. The normalized spacial score (nSPS) is 10.7. The van der Waals surface area contributed by atoms with E-state index in [0.29, 0.717) is 11.6 Å². The zero-order valence-electron chi connectivity index (χ0n) is 11.6. The van der Waals surface area contributed by atoms with Gasteiger partial charge in [-0.15, -0.1) is 0 Å². The van der Waals surface area contributed by atoms with Crippen LogP contribution in [0.5, 0.6) is 11.6 Å². The lowest BCUT2D eigenvalue weighted by Gasteiger charge is -2.06. The minimum Gasteiger partial charge on any atom is -0.437 e. The van der Waals surface area contributed by atoms with Gasteiger partial charge in [-0.3, -0.25) is 0 Å². The van der Waals surface area contributed by atoms with Crippen molar-refractivity contribution in [2.45, 2.75) is 0 Å². The molecular formula is C17H12N4O. The number of fused-ring (bicyclic) bond motifs is 1. The molecule has 5 nitrogen and oxygen atoms in total. The Kier molecular flexibility index (Phi) is 3.01. The molecule has 106 valence electrons. The van der Waals surface area contributed by atoms with Crippen LogP contribution in [0.2, 0.25) is 0 Å². The summed E-state index contributed by atoms with van der Waals surface area (Å²) in [5, 5.41) is 4.19. The lowest BCUT2D eigenvalue weighted by Crippen LogP contribution is -1.94. The van der Waals surface area contributed by atoms with Crippen molar-refractivity contribution in [3.8, 4) is 17.3 Å². The summed E-state index contributed by atoms with van der Waals surface area (Å²) in [6, 6.07) is 17.2. The van der Waals surface area contributed by atoms with Gasteiger partial charge in [0.1, 0.15) is 5.75 Å². The number of rotatable bonds is 3. The molecule has 0 saturated heterocycles. The first kappa shape index (κ1) is 12.5. The predicted octanol–water partition coefficient (Wildman–Crippen LogP) is 3.61. The zero-order valence-corrected chi connectivity index (χ0v) is 11.6. The van der Waals surface area contributed by atoms with Gasteiger partial charge in [0.15, 0.2) is 0 Å². The van der Waals surface area contributed by atoms with Crippen molar-refractivity contribution in [3.05, 3.63) is 73.2 Å². The summed E-state index contributed by atoms with van der Waals surface area (Å²) in [4.78, 5) is 8.77. The van der Waals surface area contributed by atoms with E-state index in [1.807, 2.05) is 60.8 Å². The van der Waals surface area contributed by atoms with Crippen molar-refractivity contribution in [1.29, 1.82) is 0 Å². The van der Waals surface area contributed by atoms with Crippen LogP contribution >= 0.6 is 0 Å². The van der Waals surface area contributed by atoms with E-state index in [0.717, 1.165) is 16.7 Å². The summed E-state index contributed by atoms with van der Waals surface area (Å²) in [7, 11) is 0. The predicted molar refractivity (Wildman–Crippen MR) is 83.2 cm³/mol. The van der Waals surface area contributed by atoms with E-state index in [9.17, 15) is 0 Å². The van der Waals surface area contributed by atoms with Gasteiger partial charge in [0, 0.05) is 12.4 Å². The van der Waals surface area contributed by atoms with Gasteiger partial charge in [-0.05, 0) is 42.5 Å². The second kappa shape index (κ2) is 5.29. The number of hydrogen-bond donors (Lipinski definition) is 0. The third-order valence-electron chi connectivity index (χ3n) is 3.25. The van der Waals surface area contributed by atoms with Crippen molar-refractivity contribution < 1.29 is 4.74 Å². The van der Waals surface area contributed by atoms with Crippen LogP contribution in [0, 0.1) is 0 Å². The van der Waals surface area contributed by atoms with E-state index in [4.69, 9.17) is 4.74 Å². The third kappa shape index (κ3) is 2.40. The number of hydrogen-bond acceptors (Lipinski definition) is 4. The van der Waals surface area contributed by atoms with E-state index >= 15 is 0 Å². The van der Waals surface area contributed by atoms with Crippen LogP contribution in [0.3, 0.4) is 0 Å². The van der Waals surface area contributed by atoms with Gasteiger partial charge < -0.3 is 4.74 Å². The SMILES string of the molecule is c1ccc2nc(Oc3ccc(-n4cccn4)cc3)cnc2c1. The van der Waals surface area contributed by atoms with Gasteiger partial charge in [-0.1, -0.05) is 12.1 Å². The molecule has 4 aromatic rings. The summed E-state index contributed by atoms with van der Waals surface area (Å²) in [6.07, 6.45) is 5.27. The minimum absolute atomic E-state index is 0.477. The van der Waals surface area contributed by atoms with Crippen LogP contribution in [-0.2, 0) is 0 Å². The zero-order chi connectivity index (χ0) is 14.8. The Bertz CT molecular complexity index is 902. The first-order chi connectivity index (χ1) is 10.9. The second-order valence-corrected chi connectivity index (χ2v) is 4.74. The maximum atomic E-state index is 5.76. The molecule has 0 saturated carbocycles. The largest absolute Gasteiger partial charge is 0.437 e. The Labute approximate surface area is 126 Å². The number of ether oxygens (including phenoxy) is 1. The molecule has 2 aromatic carbocycles. The Balaban J connectivity index is 1.59. The highest BCUT2D eigenvalue weighted by atomic mass is 16.5. The van der Waals surface area contributed by atoms with Gasteiger partial charge in [-0.25, -0.2) is 14.6 Å². The van der Waals surface area contributed by atoms with Gasteiger partial charge in [0.2, 0.25) is 5.88 Å². The summed E-state index contributed by atoms with van der Waals surface area (Å²) in [5.41, 5.74) is 2.64. The molecule has 0 aliphatic carbocycles. The molecule has 0 unspecified atom stereocenters. The van der Waals surface area contributed by atoms with E-state index in [1.54, 1.807) is 17.1 Å². The van der Waals surface area contributed by atoms with Gasteiger partial charge >= 0.3 is 0 Å². The highest BCUT2D eigenvalue weighted by Gasteiger charge is 2.03. The summed E-state index contributed by atoms with van der Waals surface area (Å²) < 4.78 is 7.55. The summed E-state index contributed by atoms with van der Waals surface area (Å²) in [6.45, 7) is 0. The Morgan fingerprint density at radius 3 is 2.45 bits per heavy atom. The fourth-order valence-electron chi connectivity index (χ4n) is 2.20. The van der Waals surface area contributed by atoms with Crippen LogP contribution in [0.15, 0.2) is 73.2 Å². The number of benzene rings is 2. The first-order valence-electron chi connectivity index (χ1n) is 6.88. The van der Waals surface area contributed by atoms with Crippen molar-refractivity contribution in [1.82, 2.24) is 19.7 Å². The number of aromatic nitrogens is 4. The molecule has 0 N–H and O–H groups in total. The molecule has 0 spiro atoms. The second-order valence-electron chi connectivity index (χ2n) is 4.74. The van der Waals surface area contributed by atoms with Crippen LogP contribution in [-0.4, -0.2) is 19.7 Å². The van der Waals surface area contributed by atoms with Crippen molar-refractivity contribution in [3.63, 3.8) is 0 Å². The van der Waals surface area contributed by atoms with Crippen molar-refractivity contribution >= 4 is 11.0 Å². The highest BCUT2D eigenvalue weighted by molar-refractivity contribution is 5.74. The maximum absolute atomic E-state index is 5.76. The maximum Gasteiger partial charge on any atom is 0.238 e. The van der Waals surface area contributed by atoms with Crippen LogP contribution in [0.1, 0.15) is 0 Å². The van der Waals surface area contributed by atoms with E-state index in [2.05, 4.69) is 15.1 Å². The average molecular weight is 288 g/mol. The Hall–Kier alpha value is -3.21. The molecule has 2 aromatic heterocycles. The molecule has 0 atom stereocenters. The standard InChI is InChI=1S/C17H12N4O/c1-2-5-16-15(4-1)18-12-17(20-16)22-14-8-6-13(7-9-14)21-11-3-10-19-21/h1-12H. The average Bonchev–Trinajstić information content (AvgIpc) is 3.10. The molecule has 5 heteroatoms. The smallest absolute Gasteiger partial charge is 0.238 e. The Morgan fingerprint density at radius 2 is 1.68 bits per heavy atom. The van der Waals surface area contributed by atoms with Crippen LogP contribution in [0.25, 0.3) is 16.7 Å². The van der Waals surface area contributed by atoms with Gasteiger partial charge in [0.05, 0.1) is 22.9 Å². The molecule has 0 bridgehead atoms. The fraction of sp³-hybridized carbons (Fsp3) is 0. The lowest BCUT2D eigenvalue weighted by molar-refractivity contribution is 0.462. The van der Waals surface area contributed by atoms with E-state index in [-0.39, 0.29) is 0 Å². The monoisotopic (exact) mass is 288 g/mol. The summed E-state index contributed by atoms with van der Waals surface area (Å²) in [5.74, 6) is 1.19. The Morgan fingerprint density at radius 1 is 0.864 bits per heavy atom. The topological polar surface area (TPSA) is 52.8 Å². The molecule has 0 aliphatic rings. The molecule has 2 heterocycles. The molecule has 22 heavy (non-hydrogen) atoms. The molecule has 0 amide bonds. The minimum atomic E-state index is 0.477. The molecule has 0 radical (unpaired) electrons.